The van der Waals surface area contributed by atoms with Crippen LogP contribution < -0.4 is 5.32 Å². The number of aromatic nitrogens is 4. The zero-order valence-electron chi connectivity index (χ0n) is 11.8. The highest BCUT2D eigenvalue weighted by Gasteiger charge is 2.09. The van der Waals surface area contributed by atoms with Gasteiger partial charge in [-0.05, 0) is 18.1 Å². The second kappa shape index (κ2) is 6.10. The molecule has 0 spiro atoms. The first-order valence-corrected chi connectivity index (χ1v) is 7.30. The molecule has 1 aromatic carbocycles. The number of nitrogens with zero attached hydrogens (tertiary/aromatic N) is 4. The van der Waals surface area contributed by atoms with Crippen molar-refractivity contribution in [3.63, 3.8) is 0 Å². The summed E-state index contributed by atoms with van der Waals surface area (Å²) in [5.41, 5.74) is 2.67. The molecule has 0 bridgehead atoms. The van der Waals surface area contributed by atoms with Crippen LogP contribution in [0.25, 0.3) is 11.2 Å². The van der Waals surface area contributed by atoms with Gasteiger partial charge in [-0.25, -0.2) is 15.0 Å². The Hall–Kier alpha value is -2.14. The van der Waals surface area contributed by atoms with Gasteiger partial charge in [-0.3, -0.25) is 0 Å². The lowest BCUT2D eigenvalue weighted by Gasteiger charge is -2.07. The Balaban J connectivity index is 1.86. The van der Waals surface area contributed by atoms with E-state index in [4.69, 9.17) is 11.6 Å². The molecule has 3 rings (SSSR count). The number of benzene rings is 1. The fraction of sp³-hybridized carbons (Fsp3) is 0.267. The Morgan fingerprint density at radius 1 is 1.19 bits per heavy atom. The van der Waals surface area contributed by atoms with Crippen molar-refractivity contribution in [1.29, 1.82) is 0 Å². The number of halogens is 1. The Labute approximate surface area is 128 Å². The summed E-state index contributed by atoms with van der Waals surface area (Å²) in [6.45, 7) is 3.63. The van der Waals surface area contributed by atoms with E-state index in [1.165, 1.54) is 0 Å². The van der Waals surface area contributed by atoms with E-state index >= 15 is 0 Å². The molecule has 5 nitrogen and oxygen atoms in total. The van der Waals surface area contributed by atoms with E-state index < -0.39 is 0 Å². The fourth-order valence-corrected chi connectivity index (χ4v) is 2.44. The summed E-state index contributed by atoms with van der Waals surface area (Å²) in [7, 11) is 0. The van der Waals surface area contributed by atoms with Crippen LogP contribution in [0, 0.1) is 0 Å². The Morgan fingerprint density at radius 2 is 2.05 bits per heavy atom. The predicted octanol–water partition coefficient (Wildman–Crippen LogP) is 3.50. The molecule has 0 aliphatic carbocycles. The van der Waals surface area contributed by atoms with Crippen LogP contribution in [0.4, 0.5) is 5.82 Å². The van der Waals surface area contributed by atoms with Gasteiger partial charge in [0, 0.05) is 18.1 Å². The van der Waals surface area contributed by atoms with Gasteiger partial charge < -0.3 is 9.88 Å². The zero-order valence-corrected chi connectivity index (χ0v) is 12.5. The molecular formula is C15H16ClN5. The summed E-state index contributed by atoms with van der Waals surface area (Å²) in [6.07, 6.45) is 4.41. The second-order valence-electron chi connectivity index (χ2n) is 4.78. The maximum absolute atomic E-state index is 6.16. The standard InChI is InChI=1S/C15H16ClN5/c1-2-7-21-10-20-13-14(18-9-19-15(13)21)17-8-11-5-3-4-6-12(11)16/h3-6,9-10H,2,7-8H2,1H3,(H,17,18,19). The summed E-state index contributed by atoms with van der Waals surface area (Å²) < 4.78 is 2.04. The molecule has 2 aromatic heterocycles. The molecule has 0 aliphatic heterocycles. The predicted molar refractivity (Wildman–Crippen MR) is 84.4 cm³/mol. The van der Waals surface area contributed by atoms with Gasteiger partial charge in [0.1, 0.15) is 11.8 Å². The summed E-state index contributed by atoms with van der Waals surface area (Å²) in [5, 5.41) is 4.03. The molecule has 0 saturated heterocycles. The quantitative estimate of drug-likeness (QED) is 0.783. The van der Waals surface area contributed by atoms with Gasteiger partial charge in [-0.2, -0.15) is 0 Å². The maximum Gasteiger partial charge on any atom is 0.165 e. The first-order valence-electron chi connectivity index (χ1n) is 6.92. The average Bonchev–Trinajstić information content (AvgIpc) is 2.91. The van der Waals surface area contributed by atoms with Crippen LogP contribution in [0.3, 0.4) is 0 Å². The van der Waals surface area contributed by atoms with E-state index in [0.29, 0.717) is 6.54 Å². The Bertz CT molecular complexity index is 753. The number of hydrogen-bond donors (Lipinski definition) is 1. The van der Waals surface area contributed by atoms with Crippen molar-refractivity contribution in [3.05, 3.63) is 47.5 Å². The number of rotatable bonds is 5. The summed E-state index contributed by atoms with van der Waals surface area (Å²) in [4.78, 5) is 13.0. The van der Waals surface area contributed by atoms with Crippen LogP contribution in [-0.2, 0) is 13.1 Å². The smallest absolute Gasteiger partial charge is 0.165 e. The van der Waals surface area contributed by atoms with Gasteiger partial charge in [0.25, 0.3) is 0 Å². The second-order valence-corrected chi connectivity index (χ2v) is 5.18. The summed E-state index contributed by atoms with van der Waals surface area (Å²) in [6, 6.07) is 7.75. The van der Waals surface area contributed by atoms with Gasteiger partial charge in [0.15, 0.2) is 11.5 Å². The molecule has 0 amide bonds. The molecule has 108 valence electrons. The van der Waals surface area contributed by atoms with Crippen molar-refractivity contribution in [2.45, 2.75) is 26.4 Å². The van der Waals surface area contributed by atoms with E-state index in [-0.39, 0.29) is 0 Å². The van der Waals surface area contributed by atoms with Crippen LogP contribution in [0.1, 0.15) is 18.9 Å². The number of imidazole rings is 1. The van der Waals surface area contributed by atoms with Crippen LogP contribution in [0.15, 0.2) is 36.9 Å². The highest BCUT2D eigenvalue weighted by molar-refractivity contribution is 6.31. The molecule has 0 unspecified atom stereocenters. The van der Waals surface area contributed by atoms with Gasteiger partial charge in [-0.1, -0.05) is 36.7 Å². The molecule has 0 aliphatic rings. The Morgan fingerprint density at radius 3 is 2.86 bits per heavy atom. The van der Waals surface area contributed by atoms with Crippen molar-refractivity contribution in [2.75, 3.05) is 5.32 Å². The maximum atomic E-state index is 6.16. The highest BCUT2D eigenvalue weighted by Crippen LogP contribution is 2.20. The third kappa shape index (κ3) is 2.83. The van der Waals surface area contributed by atoms with Crippen molar-refractivity contribution >= 4 is 28.6 Å². The number of aryl methyl sites for hydroxylation is 1. The van der Waals surface area contributed by atoms with E-state index in [0.717, 1.165) is 40.5 Å². The van der Waals surface area contributed by atoms with Gasteiger partial charge >= 0.3 is 0 Å². The minimum atomic E-state index is 0.604. The molecule has 3 aromatic rings. The minimum absolute atomic E-state index is 0.604. The summed E-state index contributed by atoms with van der Waals surface area (Å²) in [5.74, 6) is 0.731. The first kappa shape index (κ1) is 13.8. The van der Waals surface area contributed by atoms with Crippen molar-refractivity contribution in [1.82, 2.24) is 19.5 Å². The van der Waals surface area contributed by atoms with E-state index in [1.807, 2.05) is 35.2 Å². The Kier molecular flexibility index (Phi) is 4.01. The minimum Gasteiger partial charge on any atom is -0.364 e. The van der Waals surface area contributed by atoms with E-state index in [9.17, 15) is 0 Å². The third-order valence-corrected chi connectivity index (χ3v) is 3.64. The monoisotopic (exact) mass is 301 g/mol. The first-order chi connectivity index (χ1) is 10.3. The van der Waals surface area contributed by atoms with Crippen molar-refractivity contribution in [2.24, 2.45) is 0 Å². The number of anilines is 1. The molecule has 0 fully saturated rings. The average molecular weight is 302 g/mol. The SMILES string of the molecule is CCCn1cnc2c(NCc3ccccc3Cl)ncnc21. The van der Waals surface area contributed by atoms with Gasteiger partial charge in [0.05, 0.1) is 6.33 Å². The molecule has 21 heavy (non-hydrogen) atoms. The van der Waals surface area contributed by atoms with Crippen LogP contribution in [-0.4, -0.2) is 19.5 Å². The van der Waals surface area contributed by atoms with Gasteiger partial charge in [-0.15, -0.1) is 0 Å². The lowest BCUT2D eigenvalue weighted by molar-refractivity contribution is 0.691. The number of nitrogens with one attached hydrogen (secondary N) is 1. The van der Waals surface area contributed by atoms with Gasteiger partial charge in [0.2, 0.25) is 0 Å². The van der Waals surface area contributed by atoms with Crippen LogP contribution in [0.5, 0.6) is 0 Å². The summed E-state index contributed by atoms with van der Waals surface area (Å²) >= 11 is 6.16. The molecular weight excluding hydrogens is 286 g/mol. The van der Waals surface area contributed by atoms with E-state index in [2.05, 4.69) is 27.2 Å². The zero-order chi connectivity index (χ0) is 14.7. The lowest BCUT2D eigenvalue weighted by Crippen LogP contribution is -2.04. The normalized spacial score (nSPS) is 11.0. The lowest BCUT2D eigenvalue weighted by atomic mass is 10.2. The topological polar surface area (TPSA) is 55.6 Å². The van der Waals surface area contributed by atoms with Crippen LogP contribution >= 0.6 is 11.6 Å². The van der Waals surface area contributed by atoms with E-state index in [1.54, 1.807) is 6.33 Å². The van der Waals surface area contributed by atoms with Crippen molar-refractivity contribution in [3.8, 4) is 0 Å². The van der Waals surface area contributed by atoms with Crippen LogP contribution in [0.2, 0.25) is 5.02 Å². The number of hydrogen-bond acceptors (Lipinski definition) is 4. The van der Waals surface area contributed by atoms with Crippen molar-refractivity contribution < 1.29 is 0 Å². The number of fused-ring (bicyclic) bond motifs is 1. The molecule has 6 heteroatoms. The highest BCUT2D eigenvalue weighted by atomic mass is 35.5. The molecule has 2 heterocycles. The molecule has 0 atom stereocenters. The third-order valence-electron chi connectivity index (χ3n) is 3.27. The largest absolute Gasteiger partial charge is 0.364 e. The molecule has 1 N–H and O–H groups in total. The fourth-order valence-electron chi connectivity index (χ4n) is 2.24. The molecule has 0 radical (unpaired) electrons. The molecule has 0 saturated carbocycles.